The third kappa shape index (κ3) is 2.09. The number of aromatic nitrogens is 2. The van der Waals surface area contributed by atoms with E-state index in [-0.39, 0.29) is 5.54 Å². The third-order valence-corrected chi connectivity index (χ3v) is 2.38. The lowest BCUT2D eigenvalue weighted by Crippen LogP contribution is -2.21. The zero-order chi connectivity index (χ0) is 10.9. The summed E-state index contributed by atoms with van der Waals surface area (Å²) >= 11 is 0. The van der Waals surface area contributed by atoms with E-state index in [0.29, 0.717) is 0 Å². The maximum atomic E-state index is 4.38. The molecule has 2 rings (SSSR count). The molecule has 0 radical (unpaired) electrons. The van der Waals surface area contributed by atoms with Crippen LogP contribution in [-0.4, -0.2) is 9.78 Å². The summed E-state index contributed by atoms with van der Waals surface area (Å²) in [7, 11) is 0. The summed E-state index contributed by atoms with van der Waals surface area (Å²) < 4.78 is 2.00. The Bertz CT molecular complexity index is 435. The van der Waals surface area contributed by atoms with Crippen LogP contribution in [0, 0.1) is 0 Å². The quantitative estimate of drug-likeness (QED) is 0.690. The topological polar surface area (TPSA) is 17.8 Å². The minimum atomic E-state index is 0.0486. The van der Waals surface area contributed by atoms with Gasteiger partial charge in [0.15, 0.2) is 0 Å². The highest BCUT2D eigenvalue weighted by Gasteiger charge is 2.14. The third-order valence-electron chi connectivity index (χ3n) is 2.38. The van der Waals surface area contributed by atoms with Gasteiger partial charge in [0, 0.05) is 11.8 Å². The van der Waals surface area contributed by atoms with Crippen LogP contribution >= 0.6 is 0 Å². The van der Waals surface area contributed by atoms with Crippen molar-refractivity contribution in [2.45, 2.75) is 26.3 Å². The lowest BCUT2D eigenvalue weighted by Gasteiger charge is -2.18. The Morgan fingerprint density at radius 1 is 1.00 bits per heavy atom. The van der Waals surface area contributed by atoms with E-state index in [9.17, 15) is 0 Å². The molecule has 1 aromatic heterocycles. The second-order valence-corrected chi connectivity index (χ2v) is 4.71. The lowest BCUT2D eigenvalue weighted by atomic mass is 10.1. The van der Waals surface area contributed by atoms with Crippen LogP contribution in [-0.2, 0) is 5.54 Å². The fourth-order valence-corrected chi connectivity index (χ4v) is 1.47. The molecule has 15 heavy (non-hydrogen) atoms. The Balaban J connectivity index is 2.37. The molecular formula is C13H16N2. The van der Waals surface area contributed by atoms with E-state index in [1.165, 1.54) is 11.1 Å². The summed E-state index contributed by atoms with van der Waals surface area (Å²) in [6, 6.07) is 10.3. The first-order valence-electron chi connectivity index (χ1n) is 5.18. The zero-order valence-corrected chi connectivity index (χ0v) is 9.44. The highest BCUT2D eigenvalue weighted by atomic mass is 15.3. The molecule has 2 nitrogen and oxygen atoms in total. The Labute approximate surface area is 90.6 Å². The van der Waals surface area contributed by atoms with Gasteiger partial charge in [0.05, 0.1) is 11.7 Å². The summed E-state index contributed by atoms with van der Waals surface area (Å²) in [6.07, 6.45) is 4.01. The van der Waals surface area contributed by atoms with Crippen LogP contribution in [0.15, 0.2) is 42.7 Å². The molecule has 0 fully saturated rings. The van der Waals surface area contributed by atoms with E-state index in [2.05, 4.69) is 44.2 Å². The van der Waals surface area contributed by atoms with Gasteiger partial charge >= 0.3 is 0 Å². The van der Waals surface area contributed by atoms with E-state index in [1.54, 1.807) is 0 Å². The van der Waals surface area contributed by atoms with Gasteiger partial charge < -0.3 is 0 Å². The Kier molecular flexibility index (Phi) is 2.35. The summed E-state index contributed by atoms with van der Waals surface area (Å²) in [5.74, 6) is 0. The molecule has 0 spiro atoms. The molecule has 0 amide bonds. The van der Waals surface area contributed by atoms with Crippen LogP contribution in [0.4, 0.5) is 0 Å². The minimum absolute atomic E-state index is 0.0486. The number of benzene rings is 1. The van der Waals surface area contributed by atoms with Crippen molar-refractivity contribution in [3.05, 3.63) is 42.7 Å². The van der Waals surface area contributed by atoms with Crippen molar-refractivity contribution >= 4 is 0 Å². The average Bonchev–Trinajstić information content (AvgIpc) is 2.67. The van der Waals surface area contributed by atoms with Gasteiger partial charge in [-0.1, -0.05) is 30.3 Å². The van der Waals surface area contributed by atoms with E-state index in [4.69, 9.17) is 0 Å². The maximum Gasteiger partial charge on any atom is 0.0568 e. The van der Waals surface area contributed by atoms with E-state index in [1.807, 2.05) is 29.1 Å². The van der Waals surface area contributed by atoms with Crippen LogP contribution in [0.25, 0.3) is 11.1 Å². The first-order valence-corrected chi connectivity index (χ1v) is 5.18. The van der Waals surface area contributed by atoms with Gasteiger partial charge in [0.1, 0.15) is 0 Å². The Morgan fingerprint density at radius 2 is 1.67 bits per heavy atom. The maximum absolute atomic E-state index is 4.38. The second kappa shape index (κ2) is 3.54. The molecule has 2 aromatic rings. The molecule has 2 heteroatoms. The molecule has 0 aliphatic carbocycles. The predicted molar refractivity (Wildman–Crippen MR) is 62.7 cm³/mol. The molecule has 0 saturated carbocycles. The van der Waals surface area contributed by atoms with Gasteiger partial charge in [-0.25, -0.2) is 0 Å². The van der Waals surface area contributed by atoms with Gasteiger partial charge in [-0.05, 0) is 26.3 Å². The first kappa shape index (κ1) is 9.97. The molecule has 0 aliphatic rings. The van der Waals surface area contributed by atoms with Crippen molar-refractivity contribution in [1.82, 2.24) is 9.78 Å². The number of hydrogen-bond acceptors (Lipinski definition) is 1. The Morgan fingerprint density at radius 3 is 2.20 bits per heavy atom. The van der Waals surface area contributed by atoms with Crippen LogP contribution in [0.5, 0.6) is 0 Å². The summed E-state index contributed by atoms with van der Waals surface area (Å²) in [6.45, 7) is 6.44. The molecular weight excluding hydrogens is 184 g/mol. The predicted octanol–water partition coefficient (Wildman–Crippen LogP) is 3.31. The molecule has 1 aromatic carbocycles. The monoisotopic (exact) mass is 200 g/mol. The molecule has 0 atom stereocenters. The largest absolute Gasteiger partial charge is 0.267 e. The normalized spacial score (nSPS) is 11.7. The smallest absolute Gasteiger partial charge is 0.0568 e. The van der Waals surface area contributed by atoms with Crippen molar-refractivity contribution in [1.29, 1.82) is 0 Å². The molecule has 0 saturated heterocycles. The highest BCUT2D eigenvalue weighted by Crippen LogP contribution is 2.21. The molecule has 0 aliphatic heterocycles. The van der Waals surface area contributed by atoms with E-state index >= 15 is 0 Å². The fraction of sp³-hybridized carbons (Fsp3) is 0.308. The van der Waals surface area contributed by atoms with Gasteiger partial charge in [0.2, 0.25) is 0 Å². The molecule has 0 N–H and O–H groups in total. The van der Waals surface area contributed by atoms with Crippen molar-refractivity contribution in [3.63, 3.8) is 0 Å². The molecule has 1 heterocycles. The zero-order valence-electron chi connectivity index (χ0n) is 9.44. The second-order valence-electron chi connectivity index (χ2n) is 4.71. The number of nitrogens with zero attached hydrogens (tertiary/aromatic N) is 2. The van der Waals surface area contributed by atoms with Crippen LogP contribution in [0.2, 0.25) is 0 Å². The van der Waals surface area contributed by atoms with Crippen molar-refractivity contribution < 1.29 is 0 Å². The van der Waals surface area contributed by atoms with Crippen molar-refractivity contribution in [2.75, 3.05) is 0 Å². The van der Waals surface area contributed by atoms with Gasteiger partial charge in [-0.3, -0.25) is 4.68 Å². The lowest BCUT2D eigenvalue weighted by molar-refractivity contribution is 0.355. The average molecular weight is 200 g/mol. The minimum Gasteiger partial charge on any atom is -0.267 e. The summed E-state index contributed by atoms with van der Waals surface area (Å²) in [4.78, 5) is 0. The number of rotatable bonds is 1. The van der Waals surface area contributed by atoms with E-state index < -0.39 is 0 Å². The van der Waals surface area contributed by atoms with Gasteiger partial charge in [0.25, 0.3) is 0 Å². The molecule has 0 bridgehead atoms. The highest BCUT2D eigenvalue weighted by molar-refractivity contribution is 5.61. The van der Waals surface area contributed by atoms with Crippen LogP contribution in [0.3, 0.4) is 0 Å². The molecule has 0 unspecified atom stereocenters. The molecule has 78 valence electrons. The summed E-state index contributed by atoms with van der Waals surface area (Å²) in [5, 5.41) is 4.38. The standard InChI is InChI=1S/C13H16N2/c1-13(2,3)15-10-12(9-14-15)11-7-5-4-6-8-11/h4-10H,1-3H3. The Hall–Kier alpha value is -1.57. The van der Waals surface area contributed by atoms with E-state index in [0.717, 1.165) is 0 Å². The van der Waals surface area contributed by atoms with Crippen LogP contribution in [0.1, 0.15) is 20.8 Å². The fourth-order valence-electron chi connectivity index (χ4n) is 1.47. The van der Waals surface area contributed by atoms with Crippen molar-refractivity contribution in [3.8, 4) is 11.1 Å². The van der Waals surface area contributed by atoms with Crippen molar-refractivity contribution in [2.24, 2.45) is 0 Å². The SMILES string of the molecule is CC(C)(C)n1cc(-c2ccccc2)cn1. The first-order chi connectivity index (χ1) is 7.07. The number of hydrogen-bond donors (Lipinski definition) is 0. The van der Waals surface area contributed by atoms with Gasteiger partial charge in [-0.15, -0.1) is 0 Å². The van der Waals surface area contributed by atoms with Gasteiger partial charge in [-0.2, -0.15) is 5.10 Å². The summed E-state index contributed by atoms with van der Waals surface area (Å²) in [5.41, 5.74) is 2.44. The van der Waals surface area contributed by atoms with Crippen LogP contribution < -0.4 is 0 Å².